The molecule has 2 aromatic carbocycles. The van der Waals surface area contributed by atoms with Gasteiger partial charge in [0.1, 0.15) is 18.5 Å². The number of hydrogen-bond donors (Lipinski definition) is 0. The summed E-state index contributed by atoms with van der Waals surface area (Å²) in [7, 11) is 3.12. The Labute approximate surface area is 153 Å². The molecule has 26 heavy (non-hydrogen) atoms. The van der Waals surface area contributed by atoms with Crippen molar-refractivity contribution in [3.05, 3.63) is 54.1 Å². The molecule has 0 bridgehead atoms. The fourth-order valence-electron chi connectivity index (χ4n) is 2.86. The molecule has 0 unspecified atom stereocenters. The number of amides is 1. The maximum Gasteiger partial charge on any atom is 0.254 e. The molecular weight excluding hydrogens is 334 g/mol. The summed E-state index contributed by atoms with van der Waals surface area (Å²) in [5.41, 5.74) is 0.562. The van der Waals surface area contributed by atoms with Crippen LogP contribution in [-0.2, 0) is 4.74 Å². The average Bonchev–Trinajstić information content (AvgIpc) is 2.72. The molecule has 0 radical (unpaired) electrons. The summed E-state index contributed by atoms with van der Waals surface area (Å²) in [5, 5.41) is 0. The minimum atomic E-state index is -0.159. The number of morpholine rings is 1. The molecule has 1 atom stereocenters. The summed E-state index contributed by atoms with van der Waals surface area (Å²) in [5.74, 6) is 1.87. The number of ether oxygens (including phenoxy) is 4. The van der Waals surface area contributed by atoms with Gasteiger partial charge in [-0.25, -0.2) is 0 Å². The third-order valence-electron chi connectivity index (χ3n) is 4.24. The van der Waals surface area contributed by atoms with Gasteiger partial charge in [0.15, 0.2) is 11.5 Å². The third-order valence-corrected chi connectivity index (χ3v) is 4.24. The molecule has 6 heteroatoms. The van der Waals surface area contributed by atoms with Gasteiger partial charge in [0.25, 0.3) is 5.91 Å². The van der Waals surface area contributed by atoms with Crippen LogP contribution in [0, 0.1) is 0 Å². The summed E-state index contributed by atoms with van der Waals surface area (Å²) in [6.45, 7) is 1.93. The zero-order valence-corrected chi connectivity index (χ0v) is 15.0. The minimum absolute atomic E-state index is 0.0565. The lowest BCUT2D eigenvalue weighted by atomic mass is 10.1. The van der Waals surface area contributed by atoms with E-state index in [2.05, 4.69) is 0 Å². The largest absolute Gasteiger partial charge is 0.493 e. The standard InChI is InChI=1S/C20H23NO5/c1-23-18-9-8-15(12-19(18)24-2)20(22)21-10-11-25-17(13-21)14-26-16-6-4-3-5-7-16/h3-9,12,17H,10-11,13-14H2,1-2H3/t17-/m0/s1. The van der Waals surface area contributed by atoms with Crippen LogP contribution in [0.1, 0.15) is 10.4 Å². The molecule has 0 saturated carbocycles. The fraction of sp³-hybridized carbons (Fsp3) is 0.350. The van der Waals surface area contributed by atoms with E-state index in [0.717, 1.165) is 5.75 Å². The first-order valence-corrected chi connectivity index (χ1v) is 8.52. The Kier molecular flexibility index (Phi) is 5.96. The molecule has 3 rings (SSSR count). The van der Waals surface area contributed by atoms with Gasteiger partial charge in [-0.15, -0.1) is 0 Å². The second-order valence-electron chi connectivity index (χ2n) is 5.94. The Morgan fingerprint density at radius 1 is 1.12 bits per heavy atom. The molecule has 1 aliphatic heterocycles. The lowest BCUT2D eigenvalue weighted by Crippen LogP contribution is -2.47. The van der Waals surface area contributed by atoms with Crippen LogP contribution < -0.4 is 14.2 Å². The van der Waals surface area contributed by atoms with Crippen molar-refractivity contribution in [2.24, 2.45) is 0 Å². The zero-order valence-electron chi connectivity index (χ0n) is 15.0. The van der Waals surface area contributed by atoms with Crippen molar-refractivity contribution in [2.45, 2.75) is 6.10 Å². The van der Waals surface area contributed by atoms with Gasteiger partial charge in [-0.3, -0.25) is 4.79 Å². The zero-order chi connectivity index (χ0) is 18.4. The van der Waals surface area contributed by atoms with Crippen LogP contribution in [0.5, 0.6) is 17.2 Å². The summed E-state index contributed by atoms with van der Waals surface area (Å²) in [4.78, 5) is 14.6. The van der Waals surface area contributed by atoms with Crippen molar-refractivity contribution in [2.75, 3.05) is 40.5 Å². The SMILES string of the molecule is COc1ccc(C(=O)N2CCO[C@H](COc3ccccc3)C2)cc1OC. The van der Waals surface area contributed by atoms with Gasteiger partial charge in [-0.1, -0.05) is 18.2 Å². The highest BCUT2D eigenvalue weighted by Gasteiger charge is 2.26. The van der Waals surface area contributed by atoms with E-state index >= 15 is 0 Å². The van der Waals surface area contributed by atoms with E-state index in [0.29, 0.717) is 43.4 Å². The smallest absolute Gasteiger partial charge is 0.254 e. The topological polar surface area (TPSA) is 57.2 Å². The van der Waals surface area contributed by atoms with Gasteiger partial charge >= 0.3 is 0 Å². The Bertz CT molecular complexity index is 734. The molecule has 0 aromatic heterocycles. The second kappa shape index (κ2) is 8.58. The number of rotatable bonds is 6. The van der Waals surface area contributed by atoms with E-state index in [1.807, 2.05) is 30.3 Å². The van der Waals surface area contributed by atoms with Crippen LogP contribution in [0.3, 0.4) is 0 Å². The molecule has 0 aliphatic carbocycles. The summed E-state index contributed by atoms with van der Waals surface area (Å²) >= 11 is 0. The van der Waals surface area contributed by atoms with E-state index < -0.39 is 0 Å². The van der Waals surface area contributed by atoms with Crippen molar-refractivity contribution < 1.29 is 23.7 Å². The van der Waals surface area contributed by atoms with Crippen LogP contribution in [0.25, 0.3) is 0 Å². The van der Waals surface area contributed by atoms with Crippen molar-refractivity contribution in [1.82, 2.24) is 4.90 Å². The number of hydrogen-bond acceptors (Lipinski definition) is 5. The van der Waals surface area contributed by atoms with Crippen LogP contribution in [-0.4, -0.2) is 57.4 Å². The number of nitrogens with zero attached hydrogens (tertiary/aromatic N) is 1. The highest BCUT2D eigenvalue weighted by Crippen LogP contribution is 2.28. The normalized spacial score (nSPS) is 16.8. The Morgan fingerprint density at radius 3 is 2.62 bits per heavy atom. The van der Waals surface area contributed by atoms with Gasteiger partial charge < -0.3 is 23.8 Å². The summed E-state index contributed by atoms with van der Waals surface area (Å²) < 4.78 is 22.0. The maximum absolute atomic E-state index is 12.8. The first-order chi connectivity index (χ1) is 12.7. The summed E-state index contributed by atoms with van der Waals surface area (Å²) in [6.07, 6.45) is -0.159. The fourth-order valence-corrected chi connectivity index (χ4v) is 2.86. The number of carbonyl (C=O) groups excluding carboxylic acids is 1. The molecule has 1 amide bonds. The van der Waals surface area contributed by atoms with Crippen molar-refractivity contribution in [3.63, 3.8) is 0 Å². The molecule has 1 aliphatic rings. The molecule has 1 fully saturated rings. The lowest BCUT2D eigenvalue weighted by Gasteiger charge is -2.33. The minimum Gasteiger partial charge on any atom is -0.493 e. The molecule has 1 saturated heterocycles. The first kappa shape index (κ1) is 18.1. The van der Waals surface area contributed by atoms with Gasteiger partial charge in [0.05, 0.1) is 27.4 Å². The predicted octanol–water partition coefficient (Wildman–Crippen LogP) is 2.62. The van der Waals surface area contributed by atoms with E-state index in [-0.39, 0.29) is 12.0 Å². The first-order valence-electron chi connectivity index (χ1n) is 8.52. The van der Waals surface area contributed by atoms with Crippen LogP contribution in [0.2, 0.25) is 0 Å². The van der Waals surface area contributed by atoms with Gasteiger partial charge in [0.2, 0.25) is 0 Å². The second-order valence-corrected chi connectivity index (χ2v) is 5.94. The Morgan fingerprint density at radius 2 is 1.88 bits per heavy atom. The lowest BCUT2D eigenvalue weighted by molar-refractivity contribution is -0.0401. The van der Waals surface area contributed by atoms with Gasteiger partial charge in [0, 0.05) is 12.1 Å². The number of carbonyl (C=O) groups is 1. The quantitative estimate of drug-likeness (QED) is 0.795. The van der Waals surface area contributed by atoms with Crippen molar-refractivity contribution >= 4 is 5.91 Å². The maximum atomic E-state index is 12.8. The molecular formula is C20H23NO5. The van der Waals surface area contributed by atoms with Crippen LogP contribution >= 0.6 is 0 Å². The monoisotopic (exact) mass is 357 g/mol. The number of para-hydroxylation sites is 1. The summed E-state index contributed by atoms with van der Waals surface area (Å²) in [6, 6.07) is 14.8. The number of methoxy groups -OCH3 is 2. The highest BCUT2D eigenvalue weighted by molar-refractivity contribution is 5.95. The molecule has 2 aromatic rings. The Balaban J connectivity index is 1.62. The van der Waals surface area contributed by atoms with Crippen LogP contribution in [0.15, 0.2) is 48.5 Å². The molecule has 0 spiro atoms. The highest BCUT2D eigenvalue weighted by atomic mass is 16.5. The van der Waals surface area contributed by atoms with E-state index in [4.69, 9.17) is 18.9 Å². The van der Waals surface area contributed by atoms with Crippen molar-refractivity contribution in [3.8, 4) is 17.2 Å². The van der Waals surface area contributed by atoms with Gasteiger partial charge in [-0.2, -0.15) is 0 Å². The van der Waals surface area contributed by atoms with Gasteiger partial charge in [-0.05, 0) is 30.3 Å². The van der Waals surface area contributed by atoms with E-state index in [1.54, 1.807) is 37.3 Å². The Hall–Kier alpha value is -2.73. The van der Waals surface area contributed by atoms with E-state index in [1.165, 1.54) is 0 Å². The average molecular weight is 357 g/mol. The van der Waals surface area contributed by atoms with Crippen LogP contribution in [0.4, 0.5) is 0 Å². The molecule has 6 nitrogen and oxygen atoms in total. The van der Waals surface area contributed by atoms with Crippen molar-refractivity contribution in [1.29, 1.82) is 0 Å². The number of benzene rings is 2. The molecule has 138 valence electrons. The molecule has 0 N–H and O–H groups in total. The van der Waals surface area contributed by atoms with E-state index in [9.17, 15) is 4.79 Å². The molecule has 1 heterocycles. The third kappa shape index (κ3) is 4.26. The predicted molar refractivity (Wildman–Crippen MR) is 97.1 cm³/mol.